The molecule has 0 unspecified atom stereocenters. The summed E-state index contributed by atoms with van der Waals surface area (Å²) in [6, 6.07) is 6.31. The summed E-state index contributed by atoms with van der Waals surface area (Å²) in [6.07, 6.45) is -6.82. The van der Waals surface area contributed by atoms with Crippen molar-refractivity contribution in [2.75, 3.05) is 0 Å². The number of amides is 1. The van der Waals surface area contributed by atoms with Crippen molar-refractivity contribution < 1.29 is 42.1 Å². The highest BCUT2D eigenvalue weighted by molar-refractivity contribution is 5.87. The molecular weight excluding hydrogens is 412 g/mol. The first-order valence-electron chi connectivity index (χ1n) is 8.53. The molecule has 2 aromatic rings. The first kappa shape index (κ1) is 23.1. The number of hydrogen-bond acceptors (Lipinski definition) is 5. The maximum Gasteiger partial charge on any atom is 0.573 e. The molecule has 0 aliphatic carbocycles. The smallest absolute Gasteiger partial charge is 0.479 e. The van der Waals surface area contributed by atoms with Gasteiger partial charge in [0, 0.05) is 6.04 Å². The number of nitrogens with one attached hydrogen (secondary N) is 1. The van der Waals surface area contributed by atoms with E-state index in [1.54, 1.807) is 0 Å². The third kappa shape index (κ3) is 6.71. The van der Waals surface area contributed by atoms with Gasteiger partial charge in [-0.3, -0.25) is 4.79 Å². The summed E-state index contributed by atoms with van der Waals surface area (Å²) in [4.78, 5) is 23.8. The average molecular weight is 430 g/mol. The van der Waals surface area contributed by atoms with Crippen molar-refractivity contribution in [3.63, 3.8) is 0 Å². The van der Waals surface area contributed by atoms with Gasteiger partial charge in [-0.15, -0.1) is 13.2 Å². The Morgan fingerprint density at radius 2 is 1.77 bits per heavy atom. The third-order valence-electron chi connectivity index (χ3n) is 4.02. The van der Waals surface area contributed by atoms with Gasteiger partial charge >= 0.3 is 12.3 Å². The number of ether oxygens (including phenoxy) is 1. The van der Waals surface area contributed by atoms with Crippen LogP contribution >= 0.6 is 0 Å². The Bertz CT molecular complexity index is 889. The number of carbonyl (C=O) groups is 2. The van der Waals surface area contributed by atoms with Crippen LogP contribution in [0.2, 0.25) is 0 Å². The van der Waals surface area contributed by atoms with Gasteiger partial charge < -0.3 is 26.0 Å². The lowest BCUT2D eigenvalue weighted by atomic mass is 10.0. The Labute approximate surface area is 168 Å². The molecule has 5 N–H and O–H groups in total. The number of carboxylic acids is 1. The molecule has 0 fully saturated rings. The molecule has 0 bridgehead atoms. The number of halogens is 4. The molecule has 30 heavy (non-hydrogen) atoms. The fourth-order valence-corrected chi connectivity index (χ4v) is 2.61. The monoisotopic (exact) mass is 430 g/mol. The van der Waals surface area contributed by atoms with Crippen LogP contribution in [0, 0.1) is 5.82 Å². The van der Waals surface area contributed by atoms with Crippen LogP contribution in [0.15, 0.2) is 48.5 Å². The predicted molar refractivity (Wildman–Crippen MR) is 95.7 cm³/mol. The number of carbonyl (C=O) groups excluding carboxylic acids is 1. The van der Waals surface area contributed by atoms with Crippen LogP contribution in [0.1, 0.15) is 17.2 Å². The molecule has 0 aromatic heterocycles. The summed E-state index contributed by atoms with van der Waals surface area (Å²) >= 11 is 0. The Morgan fingerprint density at radius 3 is 2.33 bits per heavy atom. The molecule has 162 valence electrons. The van der Waals surface area contributed by atoms with Crippen LogP contribution in [0.3, 0.4) is 0 Å². The summed E-state index contributed by atoms with van der Waals surface area (Å²) in [5.74, 6) is -3.87. The number of aliphatic carboxylic acids is 1. The zero-order valence-corrected chi connectivity index (χ0v) is 15.3. The first-order valence-corrected chi connectivity index (χ1v) is 8.53. The van der Waals surface area contributed by atoms with Crippen molar-refractivity contribution in [1.29, 1.82) is 0 Å². The van der Waals surface area contributed by atoms with E-state index in [4.69, 9.17) is 5.73 Å². The highest BCUT2D eigenvalue weighted by Gasteiger charge is 2.32. The van der Waals surface area contributed by atoms with E-state index in [1.807, 2.05) is 5.32 Å². The molecule has 2 aromatic carbocycles. The molecule has 7 nitrogen and oxygen atoms in total. The van der Waals surface area contributed by atoms with E-state index in [9.17, 15) is 37.4 Å². The van der Waals surface area contributed by atoms with Crippen LogP contribution in [-0.4, -0.2) is 40.6 Å². The van der Waals surface area contributed by atoms with Gasteiger partial charge in [0.2, 0.25) is 0 Å². The lowest BCUT2D eigenvalue weighted by Crippen LogP contribution is -2.49. The molecule has 3 atom stereocenters. The number of alkyl halides is 3. The lowest BCUT2D eigenvalue weighted by molar-refractivity contribution is -0.274. The molecule has 0 aliphatic heterocycles. The van der Waals surface area contributed by atoms with Crippen molar-refractivity contribution in [3.05, 3.63) is 65.5 Å². The summed E-state index contributed by atoms with van der Waals surface area (Å²) in [7, 11) is 0. The molecule has 0 spiro atoms. The van der Waals surface area contributed by atoms with E-state index in [2.05, 4.69) is 4.74 Å². The van der Waals surface area contributed by atoms with Crippen LogP contribution in [0.25, 0.3) is 0 Å². The van der Waals surface area contributed by atoms with E-state index in [0.29, 0.717) is 5.56 Å². The average Bonchev–Trinajstić information content (AvgIpc) is 2.65. The van der Waals surface area contributed by atoms with Gasteiger partial charge in [0.25, 0.3) is 5.91 Å². The number of carboxylic acid groups (broad SMARTS) is 1. The highest BCUT2D eigenvalue weighted by atomic mass is 19.4. The number of rotatable bonds is 8. The Balaban J connectivity index is 2.10. The normalized spacial score (nSPS) is 14.5. The van der Waals surface area contributed by atoms with Crippen LogP contribution in [0.5, 0.6) is 5.75 Å². The maximum atomic E-state index is 12.9. The number of hydrogen-bond donors (Lipinski definition) is 4. The molecule has 0 radical (unpaired) electrons. The van der Waals surface area contributed by atoms with Gasteiger partial charge in [-0.2, -0.15) is 0 Å². The second-order valence-corrected chi connectivity index (χ2v) is 6.34. The quantitative estimate of drug-likeness (QED) is 0.475. The third-order valence-corrected chi connectivity index (χ3v) is 4.02. The van der Waals surface area contributed by atoms with Gasteiger partial charge in [-0.1, -0.05) is 24.3 Å². The topological polar surface area (TPSA) is 122 Å². The van der Waals surface area contributed by atoms with E-state index >= 15 is 0 Å². The molecule has 0 aliphatic rings. The van der Waals surface area contributed by atoms with E-state index in [0.717, 1.165) is 18.2 Å². The van der Waals surface area contributed by atoms with Crippen molar-refractivity contribution in [2.24, 2.45) is 5.73 Å². The van der Waals surface area contributed by atoms with Gasteiger partial charge in [0.15, 0.2) is 6.04 Å². The molecule has 0 heterocycles. The van der Waals surface area contributed by atoms with Gasteiger partial charge in [-0.25, -0.2) is 9.18 Å². The van der Waals surface area contributed by atoms with Crippen molar-refractivity contribution in [3.8, 4) is 5.75 Å². The number of benzene rings is 2. The van der Waals surface area contributed by atoms with Gasteiger partial charge in [-0.05, 0) is 41.8 Å². The highest BCUT2D eigenvalue weighted by Crippen LogP contribution is 2.26. The van der Waals surface area contributed by atoms with E-state index in [-0.39, 0.29) is 12.0 Å². The van der Waals surface area contributed by atoms with E-state index in [1.165, 1.54) is 30.3 Å². The zero-order valence-electron chi connectivity index (χ0n) is 15.3. The van der Waals surface area contributed by atoms with Gasteiger partial charge in [0.1, 0.15) is 17.7 Å². The number of nitrogens with two attached hydrogens (primary N) is 1. The minimum atomic E-state index is -4.98. The second kappa shape index (κ2) is 9.55. The Kier molecular flexibility index (Phi) is 7.35. The predicted octanol–water partition coefficient (Wildman–Crippen LogP) is 1.90. The van der Waals surface area contributed by atoms with Crippen molar-refractivity contribution >= 4 is 11.9 Å². The molecule has 1 amide bonds. The van der Waals surface area contributed by atoms with Crippen molar-refractivity contribution in [1.82, 2.24) is 5.32 Å². The Morgan fingerprint density at radius 1 is 1.13 bits per heavy atom. The summed E-state index contributed by atoms with van der Waals surface area (Å²) in [5.41, 5.74) is 6.09. The van der Waals surface area contributed by atoms with Crippen molar-refractivity contribution in [2.45, 2.75) is 31.0 Å². The number of aliphatic hydroxyl groups excluding tert-OH is 1. The summed E-state index contributed by atoms with van der Waals surface area (Å²) < 4.78 is 53.8. The van der Waals surface area contributed by atoms with E-state index < -0.39 is 48.0 Å². The zero-order chi connectivity index (χ0) is 22.5. The maximum absolute atomic E-state index is 12.9. The van der Waals surface area contributed by atoms with Crippen LogP contribution in [-0.2, 0) is 16.0 Å². The first-order chi connectivity index (χ1) is 14.0. The summed E-state index contributed by atoms with van der Waals surface area (Å²) in [6.45, 7) is 0. The SMILES string of the molecule is N[C@H](Cc1ccc(F)cc1)[C@H](O)C(=O)N[C@H](C(=O)O)c1cccc(OC(F)(F)F)c1. The summed E-state index contributed by atoms with van der Waals surface area (Å²) in [5, 5.41) is 21.5. The van der Waals surface area contributed by atoms with Crippen LogP contribution < -0.4 is 15.8 Å². The minimum Gasteiger partial charge on any atom is -0.479 e. The standard InChI is InChI=1S/C19H18F4N2O5/c20-12-6-4-10(5-7-12)8-14(24)16(26)17(27)25-15(18(28)29)11-2-1-3-13(9-11)30-19(21,22)23/h1-7,9,14-16,26H,8,24H2,(H,25,27)(H,28,29)/t14-,15+,16+/m1/s1. The molecule has 0 saturated heterocycles. The Hall–Kier alpha value is -3.18. The largest absolute Gasteiger partial charge is 0.573 e. The molecule has 11 heteroatoms. The minimum absolute atomic E-state index is 0.0124. The second-order valence-electron chi connectivity index (χ2n) is 6.34. The fourth-order valence-electron chi connectivity index (χ4n) is 2.61. The fraction of sp³-hybridized carbons (Fsp3) is 0.263. The number of aliphatic hydroxyl groups is 1. The molecule has 2 rings (SSSR count). The van der Waals surface area contributed by atoms with Gasteiger partial charge in [0.05, 0.1) is 0 Å². The lowest BCUT2D eigenvalue weighted by Gasteiger charge is -2.22. The van der Waals surface area contributed by atoms with Crippen LogP contribution in [0.4, 0.5) is 17.6 Å². The molecular formula is C19H18F4N2O5. The molecule has 0 saturated carbocycles.